The largest absolute Gasteiger partial charge is 0.395 e. The molecule has 1 unspecified atom stereocenters. The zero-order valence-electron chi connectivity index (χ0n) is 13.0. The zero-order chi connectivity index (χ0) is 16.7. The Balaban J connectivity index is 2.12. The summed E-state index contributed by atoms with van der Waals surface area (Å²) >= 11 is 1.54. The summed E-state index contributed by atoms with van der Waals surface area (Å²) in [5.41, 5.74) is 0.840. The molecule has 0 radical (unpaired) electrons. The van der Waals surface area contributed by atoms with Crippen molar-refractivity contribution >= 4 is 17.2 Å². The lowest BCUT2D eigenvalue weighted by Gasteiger charge is -2.22. The Bertz CT molecular complexity index is 602. The second kappa shape index (κ2) is 8.76. The van der Waals surface area contributed by atoms with E-state index in [-0.39, 0.29) is 30.9 Å². The van der Waals surface area contributed by atoms with Gasteiger partial charge in [-0.2, -0.15) is 0 Å². The average Bonchev–Trinajstić information content (AvgIpc) is 3.07. The molecule has 0 aliphatic rings. The van der Waals surface area contributed by atoms with Gasteiger partial charge in [-0.15, -0.1) is 11.3 Å². The Hall–Kier alpha value is -1.76. The summed E-state index contributed by atoms with van der Waals surface area (Å²) in [6, 6.07) is 9.74. The van der Waals surface area contributed by atoms with E-state index in [4.69, 9.17) is 5.11 Å². The number of thiophene rings is 1. The molecule has 2 N–H and O–H groups in total. The molecular weight excluding hydrogens is 315 g/mol. The van der Waals surface area contributed by atoms with Crippen LogP contribution in [0.25, 0.3) is 0 Å². The number of carbonyl (C=O) groups is 1. The highest BCUT2D eigenvalue weighted by Crippen LogP contribution is 2.26. The van der Waals surface area contributed by atoms with Gasteiger partial charge in [0.15, 0.2) is 0 Å². The molecule has 0 fully saturated rings. The minimum absolute atomic E-state index is 0.0213. The Morgan fingerprint density at radius 1 is 1.35 bits per heavy atom. The predicted octanol–water partition coefficient (Wildman–Crippen LogP) is 2.41. The molecule has 1 aromatic heterocycles. The first-order valence-corrected chi connectivity index (χ1v) is 8.43. The van der Waals surface area contributed by atoms with Crippen LogP contribution in [0.5, 0.6) is 0 Å². The van der Waals surface area contributed by atoms with Crippen molar-refractivity contribution in [1.82, 2.24) is 10.2 Å². The maximum atomic E-state index is 13.1. The van der Waals surface area contributed by atoms with Gasteiger partial charge >= 0.3 is 0 Å². The van der Waals surface area contributed by atoms with Gasteiger partial charge in [-0.05, 0) is 35.7 Å². The summed E-state index contributed by atoms with van der Waals surface area (Å²) in [7, 11) is 0. The lowest BCUT2D eigenvalue weighted by Crippen LogP contribution is -2.40. The first-order chi connectivity index (χ1) is 11.1. The highest BCUT2D eigenvalue weighted by atomic mass is 32.1. The Labute approximate surface area is 139 Å². The molecule has 23 heavy (non-hydrogen) atoms. The van der Waals surface area contributed by atoms with Gasteiger partial charge in [-0.25, -0.2) is 4.39 Å². The van der Waals surface area contributed by atoms with Crippen LogP contribution in [0.2, 0.25) is 0 Å². The maximum Gasteiger partial charge on any atom is 0.234 e. The Kier molecular flexibility index (Phi) is 6.70. The van der Waals surface area contributed by atoms with Gasteiger partial charge in [0.1, 0.15) is 5.82 Å². The number of nitrogens with one attached hydrogen (secondary N) is 1. The highest BCUT2D eigenvalue weighted by Gasteiger charge is 2.19. The van der Waals surface area contributed by atoms with E-state index in [0.29, 0.717) is 13.1 Å². The van der Waals surface area contributed by atoms with E-state index in [1.807, 2.05) is 29.3 Å². The number of aliphatic hydroxyl groups excluding tert-OH is 1. The van der Waals surface area contributed by atoms with Crippen molar-refractivity contribution in [2.45, 2.75) is 13.0 Å². The third kappa shape index (κ3) is 5.13. The normalized spacial score (nSPS) is 12.3. The van der Waals surface area contributed by atoms with Crippen molar-refractivity contribution in [3.8, 4) is 0 Å². The predicted molar refractivity (Wildman–Crippen MR) is 89.9 cm³/mol. The van der Waals surface area contributed by atoms with E-state index in [9.17, 15) is 9.18 Å². The van der Waals surface area contributed by atoms with Crippen LogP contribution in [-0.4, -0.2) is 42.2 Å². The van der Waals surface area contributed by atoms with Crippen LogP contribution in [-0.2, 0) is 4.79 Å². The quantitative estimate of drug-likeness (QED) is 0.778. The molecule has 6 heteroatoms. The van der Waals surface area contributed by atoms with E-state index in [2.05, 4.69) is 5.32 Å². The lowest BCUT2D eigenvalue weighted by atomic mass is 10.1. The third-order valence-electron chi connectivity index (χ3n) is 3.57. The number of hydrogen-bond donors (Lipinski definition) is 2. The van der Waals surface area contributed by atoms with Gasteiger partial charge in [-0.1, -0.05) is 25.1 Å². The minimum atomic E-state index is -0.301. The molecule has 0 aliphatic carbocycles. The summed E-state index contributed by atoms with van der Waals surface area (Å²) in [5, 5.41) is 14.0. The minimum Gasteiger partial charge on any atom is -0.395 e. The summed E-state index contributed by atoms with van der Waals surface area (Å²) in [5.74, 6) is -0.423. The fraction of sp³-hybridized carbons (Fsp3) is 0.353. The molecule has 0 bridgehead atoms. The number of halogens is 1. The van der Waals surface area contributed by atoms with Crippen LogP contribution in [0.4, 0.5) is 4.39 Å². The summed E-state index contributed by atoms with van der Waals surface area (Å²) in [4.78, 5) is 15.2. The zero-order valence-corrected chi connectivity index (χ0v) is 13.9. The van der Waals surface area contributed by atoms with Gasteiger partial charge in [0.05, 0.1) is 19.2 Å². The number of hydrogen-bond acceptors (Lipinski definition) is 4. The molecule has 1 atom stereocenters. The summed E-state index contributed by atoms with van der Waals surface area (Å²) < 4.78 is 13.1. The Morgan fingerprint density at radius 2 is 2.09 bits per heavy atom. The van der Waals surface area contributed by atoms with Crippen molar-refractivity contribution in [2.75, 3.05) is 26.2 Å². The molecule has 0 spiro atoms. The molecule has 4 nitrogen and oxygen atoms in total. The van der Waals surface area contributed by atoms with Gasteiger partial charge < -0.3 is 10.4 Å². The van der Waals surface area contributed by atoms with E-state index < -0.39 is 0 Å². The van der Waals surface area contributed by atoms with Crippen LogP contribution in [0.1, 0.15) is 23.4 Å². The monoisotopic (exact) mass is 336 g/mol. The maximum absolute atomic E-state index is 13.1. The number of benzene rings is 1. The summed E-state index contributed by atoms with van der Waals surface area (Å²) in [6.07, 6.45) is 0. The second-order valence-corrected chi connectivity index (χ2v) is 6.14. The topological polar surface area (TPSA) is 52.6 Å². The molecule has 1 aromatic carbocycles. The number of likely N-dealkylation sites (N-methyl/N-ethyl adjacent to an activating group) is 1. The molecular formula is C17H21FN2O2S. The van der Waals surface area contributed by atoms with Crippen LogP contribution in [0, 0.1) is 5.82 Å². The smallest absolute Gasteiger partial charge is 0.234 e. The van der Waals surface area contributed by atoms with E-state index in [0.717, 1.165) is 10.4 Å². The van der Waals surface area contributed by atoms with Crippen molar-refractivity contribution in [3.63, 3.8) is 0 Å². The van der Waals surface area contributed by atoms with Crippen LogP contribution < -0.4 is 5.32 Å². The number of nitrogens with zero attached hydrogens (tertiary/aromatic N) is 1. The van der Waals surface area contributed by atoms with Gasteiger partial charge in [0, 0.05) is 11.4 Å². The number of amides is 1. The van der Waals surface area contributed by atoms with E-state index >= 15 is 0 Å². The molecule has 1 heterocycles. The molecule has 0 aliphatic heterocycles. The molecule has 1 amide bonds. The fourth-order valence-corrected chi connectivity index (χ4v) is 3.13. The molecule has 0 saturated heterocycles. The van der Waals surface area contributed by atoms with E-state index in [1.54, 1.807) is 23.5 Å². The number of carbonyl (C=O) groups excluding carboxylic acids is 1. The lowest BCUT2D eigenvalue weighted by molar-refractivity contribution is -0.122. The standard InChI is InChI=1S/C17H21FN2O2S/c1-2-20(9-10-21)12-16(22)19-17(15-4-3-11-23-15)13-5-7-14(18)8-6-13/h3-8,11,17,21H,2,9-10,12H2,1H3,(H,19,22). The first kappa shape index (κ1) is 17.6. The molecule has 2 rings (SSSR count). The second-order valence-electron chi connectivity index (χ2n) is 5.16. The van der Waals surface area contributed by atoms with Crippen molar-refractivity contribution in [1.29, 1.82) is 0 Å². The van der Waals surface area contributed by atoms with Crippen molar-refractivity contribution < 1.29 is 14.3 Å². The fourth-order valence-electron chi connectivity index (χ4n) is 2.33. The summed E-state index contributed by atoms with van der Waals surface area (Å²) in [6.45, 7) is 3.34. The molecule has 0 saturated carbocycles. The van der Waals surface area contributed by atoms with Crippen LogP contribution in [0.15, 0.2) is 41.8 Å². The van der Waals surface area contributed by atoms with Crippen LogP contribution >= 0.6 is 11.3 Å². The van der Waals surface area contributed by atoms with E-state index in [1.165, 1.54) is 12.1 Å². The first-order valence-electron chi connectivity index (χ1n) is 7.55. The third-order valence-corrected chi connectivity index (χ3v) is 4.50. The Morgan fingerprint density at radius 3 is 2.65 bits per heavy atom. The van der Waals surface area contributed by atoms with Gasteiger partial charge in [0.2, 0.25) is 5.91 Å². The molecule has 124 valence electrons. The van der Waals surface area contributed by atoms with Gasteiger partial charge in [-0.3, -0.25) is 9.69 Å². The number of aliphatic hydroxyl groups is 1. The van der Waals surface area contributed by atoms with Gasteiger partial charge in [0.25, 0.3) is 0 Å². The van der Waals surface area contributed by atoms with Crippen molar-refractivity contribution in [2.24, 2.45) is 0 Å². The van der Waals surface area contributed by atoms with Crippen LogP contribution in [0.3, 0.4) is 0 Å². The molecule has 2 aromatic rings. The highest BCUT2D eigenvalue weighted by molar-refractivity contribution is 7.10. The SMILES string of the molecule is CCN(CCO)CC(=O)NC(c1ccc(F)cc1)c1cccs1. The van der Waals surface area contributed by atoms with Crippen molar-refractivity contribution in [3.05, 3.63) is 58.0 Å². The number of rotatable bonds is 8. The average molecular weight is 336 g/mol.